The Morgan fingerprint density at radius 3 is 1.33 bits per heavy atom. The molecule has 0 heterocycles. The van der Waals surface area contributed by atoms with Gasteiger partial charge in [-0.15, -0.1) is 0 Å². The number of carbonyl (C=O) groups excluding carboxylic acids is 1. The standard InChI is InChI=1S/C2H2F3NO.H4N2/c3-2(4,5)1(6)7;1-2/h(H2,6,7);1-2H2. The van der Waals surface area contributed by atoms with Crippen LogP contribution in [0.15, 0.2) is 0 Å². The van der Waals surface area contributed by atoms with Crippen LogP contribution in [0.3, 0.4) is 0 Å². The SMILES string of the molecule is NC(=O)C(F)(F)F.NN. The summed E-state index contributed by atoms with van der Waals surface area (Å²) in [7, 11) is 0. The second kappa shape index (κ2) is 4.10. The molecule has 0 fully saturated rings. The summed E-state index contributed by atoms with van der Waals surface area (Å²) < 4.78 is 32.1. The van der Waals surface area contributed by atoms with Crippen molar-refractivity contribution in [2.45, 2.75) is 6.18 Å². The predicted octanol–water partition coefficient (Wildman–Crippen LogP) is -1.15. The average Bonchev–Trinajstić information content (AvgIpc) is 1.69. The minimum atomic E-state index is -4.86. The molecule has 0 saturated carbocycles. The highest BCUT2D eigenvalue weighted by molar-refractivity contribution is 5.79. The van der Waals surface area contributed by atoms with Gasteiger partial charge in [0.2, 0.25) is 0 Å². The third-order valence-electron chi connectivity index (χ3n) is 0.279. The van der Waals surface area contributed by atoms with Gasteiger partial charge < -0.3 is 5.73 Å². The lowest BCUT2D eigenvalue weighted by molar-refractivity contribution is -0.169. The number of alkyl halides is 3. The minimum absolute atomic E-state index is 2.26. The van der Waals surface area contributed by atoms with Gasteiger partial charge in [0.05, 0.1) is 0 Å². The number of hydrogen-bond acceptors (Lipinski definition) is 3. The predicted molar refractivity (Wildman–Crippen MR) is 23.6 cm³/mol. The van der Waals surface area contributed by atoms with Crippen molar-refractivity contribution in [1.29, 1.82) is 0 Å². The second-order valence-corrected chi connectivity index (χ2v) is 0.862. The van der Waals surface area contributed by atoms with Gasteiger partial charge in [-0.2, -0.15) is 13.2 Å². The van der Waals surface area contributed by atoms with Crippen LogP contribution in [-0.4, -0.2) is 12.1 Å². The number of hydrogen-bond donors (Lipinski definition) is 3. The van der Waals surface area contributed by atoms with Gasteiger partial charge >= 0.3 is 12.1 Å². The van der Waals surface area contributed by atoms with E-state index in [1.807, 2.05) is 0 Å². The van der Waals surface area contributed by atoms with Crippen LogP contribution < -0.4 is 17.4 Å². The molecule has 0 radical (unpaired) electrons. The maximum absolute atomic E-state index is 10.7. The third kappa shape index (κ3) is 7.18. The lowest BCUT2D eigenvalue weighted by atomic mass is 10.6. The summed E-state index contributed by atoms with van der Waals surface area (Å²) in [6, 6.07) is 0. The molecule has 0 aromatic rings. The Balaban J connectivity index is 0. The molecule has 56 valence electrons. The summed E-state index contributed by atoms with van der Waals surface area (Å²) >= 11 is 0. The van der Waals surface area contributed by atoms with Crippen molar-refractivity contribution < 1.29 is 18.0 Å². The topological polar surface area (TPSA) is 95.1 Å². The lowest BCUT2D eigenvalue weighted by Crippen LogP contribution is -2.30. The molecule has 0 aliphatic heterocycles. The molecule has 0 aromatic carbocycles. The summed E-state index contributed by atoms with van der Waals surface area (Å²) in [6.45, 7) is 0. The van der Waals surface area contributed by atoms with E-state index in [2.05, 4.69) is 17.4 Å². The summed E-state index contributed by atoms with van der Waals surface area (Å²) in [5, 5.41) is 0. The van der Waals surface area contributed by atoms with E-state index in [0.29, 0.717) is 0 Å². The van der Waals surface area contributed by atoms with Crippen LogP contribution >= 0.6 is 0 Å². The van der Waals surface area contributed by atoms with E-state index in [1.165, 1.54) is 0 Å². The normalized spacial score (nSPS) is 9.44. The molecule has 0 unspecified atom stereocenters. The number of primary amides is 1. The maximum Gasteiger partial charge on any atom is 0.470 e. The van der Waals surface area contributed by atoms with Crippen molar-refractivity contribution in [3.63, 3.8) is 0 Å². The Morgan fingerprint density at radius 1 is 1.22 bits per heavy atom. The Morgan fingerprint density at radius 2 is 1.33 bits per heavy atom. The highest BCUT2D eigenvalue weighted by atomic mass is 19.4. The van der Waals surface area contributed by atoms with Gasteiger partial charge in [-0.25, -0.2) is 0 Å². The first-order valence-corrected chi connectivity index (χ1v) is 1.64. The third-order valence-corrected chi connectivity index (χ3v) is 0.279. The Hall–Kier alpha value is -0.820. The van der Waals surface area contributed by atoms with Crippen molar-refractivity contribution in [2.75, 3.05) is 0 Å². The molecule has 0 spiro atoms. The van der Waals surface area contributed by atoms with Crippen LogP contribution in [0.2, 0.25) is 0 Å². The van der Waals surface area contributed by atoms with Crippen LogP contribution in [0.5, 0.6) is 0 Å². The van der Waals surface area contributed by atoms with Crippen molar-refractivity contribution in [2.24, 2.45) is 17.4 Å². The summed E-state index contributed by atoms with van der Waals surface area (Å²) in [4.78, 5) is 9.12. The molecule has 9 heavy (non-hydrogen) atoms. The Labute approximate surface area is 48.8 Å². The van der Waals surface area contributed by atoms with Crippen LogP contribution in [0.1, 0.15) is 0 Å². The van der Waals surface area contributed by atoms with Gasteiger partial charge in [-0.3, -0.25) is 16.5 Å². The molecule has 0 aliphatic rings. The largest absolute Gasteiger partial charge is 0.470 e. The summed E-state index contributed by atoms with van der Waals surface area (Å²) in [6.07, 6.45) is -4.86. The molecule has 0 atom stereocenters. The summed E-state index contributed by atoms with van der Waals surface area (Å²) in [5.41, 5.74) is 3.81. The molecule has 0 rings (SSSR count). The molecule has 0 aliphatic carbocycles. The van der Waals surface area contributed by atoms with Crippen LogP contribution in [0.4, 0.5) is 13.2 Å². The van der Waals surface area contributed by atoms with Crippen molar-refractivity contribution in [3.8, 4) is 0 Å². The van der Waals surface area contributed by atoms with Crippen molar-refractivity contribution in [1.82, 2.24) is 0 Å². The highest BCUT2D eigenvalue weighted by Crippen LogP contribution is 2.11. The second-order valence-electron chi connectivity index (χ2n) is 0.862. The highest BCUT2D eigenvalue weighted by Gasteiger charge is 2.35. The van der Waals surface area contributed by atoms with Gasteiger partial charge in [0, 0.05) is 0 Å². The van der Waals surface area contributed by atoms with Crippen molar-refractivity contribution >= 4 is 5.91 Å². The van der Waals surface area contributed by atoms with Gasteiger partial charge in [-0.1, -0.05) is 0 Å². The fourth-order valence-corrected chi connectivity index (χ4v) is 0. The summed E-state index contributed by atoms with van der Waals surface area (Å²) in [5.74, 6) is 5.74. The Bertz CT molecular complexity index is 89.5. The number of halogens is 3. The lowest BCUT2D eigenvalue weighted by Gasteiger charge is -1.95. The van der Waals surface area contributed by atoms with E-state index in [-0.39, 0.29) is 0 Å². The zero-order chi connectivity index (χ0) is 8.08. The van der Waals surface area contributed by atoms with Gasteiger partial charge in [-0.05, 0) is 0 Å². The minimum Gasteiger partial charge on any atom is -0.362 e. The quantitative estimate of drug-likeness (QED) is 0.296. The molecule has 1 amide bonds. The maximum atomic E-state index is 10.7. The van der Waals surface area contributed by atoms with Crippen LogP contribution in [0, 0.1) is 0 Å². The number of hydrazine groups is 1. The Kier molecular flexibility index (Phi) is 5.03. The first-order valence-electron chi connectivity index (χ1n) is 1.64. The zero-order valence-corrected chi connectivity index (χ0v) is 4.27. The van der Waals surface area contributed by atoms with Crippen molar-refractivity contribution in [3.05, 3.63) is 0 Å². The molecule has 0 aromatic heterocycles. The van der Waals surface area contributed by atoms with E-state index in [0.717, 1.165) is 0 Å². The number of nitrogens with two attached hydrogens (primary N) is 3. The van der Waals surface area contributed by atoms with Gasteiger partial charge in [0.25, 0.3) is 0 Å². The molecular weight excluding hydrogens is 139 g/mol. The van der Waals surface area contributed by atoms with Crippen LogP contribution in [0.25, 0.3) is 0 Å². The zero-order valence-electron chi connectivity index (χ0n) is 4.27. The monoisotopic (exact) mass is 145 g/mol. The first-order chi connectivity index (χ1) is 3.94. The van der Waals surface area contributed by atoms with E-state index < -0.39 is 12.1 Å². The molecule has 0 saturated heterocycles. The molecule has 0 bridgehead atoms. The van der Waals surface area contributed by atoms with Gasteiger partial charge in [0.15, 0.2) is 0 Å². The fraction of sp³-hybridized carbons (Fsp3) is 0.500. The number of amides is 1. The molecule has 6 N–H and O–H groups in total. The number of carbonyl (C=O) groups is 1. The fourth-order valence-electron chi connectivity index (χ4n) is 0. The number of rotatable bonds is 0. The molecule has 7 heteroatoms. The molecular formula is C2H6F3N3O. The van der Waals surface area contributed by atoms with E-state index in [9.17, 15) is 13.2 Å². The molecule has 4 nitrogen and oxygen atoms in total. The smallest absolute Gasteiger partial charge is 0.362 e. The van der Waals surface area contributed by atoms with Gasteiger partial charge in [0.1, 0.15) is 0 Å². The van der Waals surface area contributed by atoms with E-state index >= 15 is 0 Å². The van der Waals surface area contributed by atoms with E-state index in [4.69, 9.17) is 4.79 Å². The van der Waals surface area contributed by atoms with Crippen LogP contribution in [-0.2, 0) is 4.79 Å². The first kappa shape index (κ1) is 11.0. The van der Waals surface area contributed by atoms with E-state index in [1.54, 1.807) is 0 Å². The average molecular weight is 145 g/mol.